The second-order valence-electron chi connectivity index (χ2n) is 4.86. The number of carbonyl (C=O) groups excluding carboxylic acids is 2. The van der Waals surface area contributed by atoms with Crippen LogP contribution in [0.5, 0.6) is 0 Å². The van der Waals surface area contributed by atoms with Crippen LogP contribution in [0.4, 0.5) is 10.5 Å². The van der Waals surface area contributed by atoms with Gasteiger partial charge in [-0.15, -0.1) is 0 Å². The van der Waals surface area contributed by atoms with E-state index in [4.69, 9.17) is 11.6 Å². The summed E-state index contributed by atoms with van der Waals surface area (Å²) < 4.78 is 0. The normalized spacial score (nSPS) is 16.2. The highest BCUT2D eigenvalue weighted by molar-refractivity contribution is 8.18. The molecular formula is C17H13ClN2O2S. The Labute approximate surface area is 143 Å². The number of hydrogen-bond acceptors (Lipinski definition) is 4. The third-order valence-electron chi connectivity index (χ3n) is 3.26. The maximum atomic E-state index is 12.4. The van der Waals surface area contributed by atoms with Gasteiger partial charge in [0.05, 0.1) is 11.6 Å². The van der Waals surface area contributed by atoms with E-state index in [1.807, 2.05) is 30.3 Å². The van der Waals surface area contributed by atoms with E-state index >= 15 is 0 Å². The van der Waals surface area contributed by atoms with E-state index in [-0.39, 0.29) is 17.8 Å². The predicted octanol–water partition coefficient (Wildman–Crippen LogP) is 4.45. The van der Waals surface area contributed by atoms with Crippen molar-refractivity contribution in [2.45, 2.75) is 0 Å². The molecule has 2 aromatic carbocycles. The van der Waals surface area contributed by atoms with Crippen molar-refractivity contribution in [3.8, 4) is 0 Å². The summed E-state index contributed by atoms with van der Waals surface area (Å²) in [4.78, 5) is 26.0. The van der Waals surface area contributed by atoms with Gasteiger partial charge >= 0.3 is 0 Å². The molecule has 1 saturated heterocycles. The monoisotopic (exact) mass is 344 g/mol. The van der Waals surface area contributed by atoms with Crippen molar-refractivity contribution in [1.82, 2.24) is 4.90 Å². The molecule has 3 rings (SSSR count). The van der Waals surface area contributed by atoms with E-state index in [9.17, 15) is 9.59 Å². The molecule has 0 aromatic heterocycles. The van der Waals surface area contributed by atoms with Gasteiger partial charge in [-0.05, 0) is 47.7 Å². The van der Waals surface area contributed by atoms with Crippen LogP contribution in [-0.4, -0.2) is 22.7 Å². The van der Waals surface area contributed by atoms with Crippen LogP contribution in [0.3, 0.4) is 0 Å². The molecular weight excluding hydrogens is 332 g/mol. The molecule has 0 aliphatic carbocycles. The van der Waals surface area contributed by atoms with Gasteiger partial charge in [0.25, 0.3) is 11.1 Å². The molecule has 0 bridgehead atoms. The average molecular weight is 345 g/mol. The number of thioether (sulfide) groups is 1. The largest absolute Gasteiger partial charge is 0.367 e. The zero-order valence-corrected chi connectivity index (χ0v) is 13.6. The van der Waals surface area contributed by atoms with Gasteiger partial charge in [-0.3, -0.25) is 14.5 Å². The van der Waals surface area contributed by atoms with E-state index < -0.39 is 0 Å². The fraction of sp³-hybridized carbons (Fsp3) is 0.0588. The van der Waals surface area contributed by atoms with Crippen LogP contribution in [0.15, 0.2) is 59.5 Å². The van der Waals surface area contributed by atoms with Crippen LogP contribution in [0, 0.1) is 0 Å². The Morgan fingerprint density at radius 2 is 1.74 bits per heavy atom. The molecule has 116 valence electrons. The molecule has 0 atom stereocenters. The Morgan fingerprint density at radius 1 is 1.04 bits per heavy atom. The summed E-state index contributed by atoms with van der Waals surface area (Å²) in [5.74, 6) is -0.287. The number of rotatable bonds is 4. The minimum Gasteiger partial charge on any atom is -0.367 e. The fourth-order valence-corrected chi connectivity index (χ4v) is 3.04. The Bertz CT molecular complexity index is 760. The molecule has 1 heterocycles. The van der Waals surface area contributed by atoms with Crippen molar-refractivity contribution < 1.29 is 9.59 Å². The van der Waals surface area contributed by atoms with Crippen LogP contribution in [-0.2, 0) is 4.79 Å². The molecule has 0 unspecified atom stereocenters. The smallest absolute Gasteiger partial charge is 0.295 e. The van der Waals surface area contributed by atoms with Gasteiger partial charge in [0.15, 0.2) is 0 Å². The highest BCUT2D eigenvalue weighted by Gasteiger charge is 2.34. The number of carbonyl (C=O) groups is 2. The number of hydrogen-bond donors (Lipinski definition) is 1. The molecule has 0 saturated carbocycles. The van der Waals surface area contributed by atoms with E-state index in [1.165, 1.54) is 4.90 Å². The quantitative estimate of drug-likeness (QED) is 0.833. The highest BCUT2D eigenvalue weighted by Crippen LogP contribution is 2.32. The van der Waals surface area contributed by atoms with Gasteiger partial charge < -0.3 is 5.32 Å². The molecule has 6 heteroatoms. The lowest BCUT2D eigenvalue weighted by Gasteiger charge is -2.14. The number of halogens is 1. The molecule has 0 spiro atoms. The number of nitrogens with zero attached hydrogens (tertiary/aromatic N) is 1. The molecule has 23 heavy (non-hydrogen) atoms. The molecule has 2 aromatic rings. The summed E-state index contributed by atoms with van der Waals surface area (Å²) in [7, 11) is 0. The van der Waals surface area contributed by atoms with Crippen LogP contribution in [0.1, 0.15) is 5.56 Å². The Kier molecular flexibility index (Phi) is 4.69. The predicted molar refractivity (Wildman–Crippen MR) is 94.2 cm³/mol. The summed E-state index contributed by atoms with van der Waals surface area (Å²) in [5, 5.41) is 3.40. The van der Waals surface area contributed by atoms with Crippen molar-refractivity contribution in [3.05, 3.63) is 70.1 Å². The van der Waals surface area contributed by atoms with Crippen molar-refractivity contribution in [1.29, 1.82) is 0 Å². The molecule has 0 radical (unpaired) electrons. The van der Waals surface area contributed by atoms with E-state index in [0.717, 1.165) is 23.0 Å². The summed E-state index contributed by atoms with van der Waals surface area (Å²) >= 11 is 6.78. The van der Waals surface area contributed by atoms with Crippen LogP contribution < -0.4 is 5.32 Å². The minimum absolute atomic E-state index is 0.123. The second-order valence-corrected chi connectivity index (χ2v) is 6.29. The summed E-state index contributed by atoms with van der Waals surface area (Å²) in [6, 6.07) is 16.5. The molecule has 1 aliphatic heterocycles. The van der Waals surface area contributed by atoms with Gasteiger partial charge in [-0.2, -0.15) is 0 Å². The van der Waals surface area contributed by atoms with E-state index in [2.05, 4.69) is 5.32 Å². The van der Waals surface area contributed by atoms with Gasteiger partial charge in [0.2, 0.25) is 0 Å². The SMILES string of the molecule is O=C1S/C(=C/c2ccccc2)C(=O)N1CNc1ccc(Cl)cc1. The summed E-state index contributed by atoms with van der Waals surface area (Å²) in [6.45, 7) is 0.123. The Balaban J connectivity index is 1.69. The van der Waals surface area contributed by atoms with Crippen molar-refractivity contribution in [2.24, 2.45) is 0 Å². The van der Waals surface area contributed by atoms with Crippen molar-refractivity contribution in [3.63, 3.8) is 0 Å². The minimum atomic E-state index is -0.287. The number of anilines is 1. The first-order chi connectivity index (χ1) is 11.1. The number of amides is 2. The molecule has 4 nitrogen and oxygen atoms in total. The second kappa shape index (κ2) is 6.89. The van der Waals surface area contributed by atoms with Gasteiger partial charge in [-0.1, -0.05) is 41.9 Å². The van der Waals surface area contributed by atoms with E-state index in [1.54, 1.807) is 30.3 Å². The zero-order chi connectivity index (χ0) is 16.2. The molecule has 1 aliphatic rings. The lowest BCUT2D eigenvalue weighted by atomic mass is 10.2. The van der Waals surface area contributed by atoms with Crippen molar-refractivity contribution >= 4 is 46.3 Å². The number of nitrogens with one attached hydrogen (secondary N) is 1. The maximum absolute atomic E-state index is 12.4. The Morgan fingerprint density at radius 3 is 2.43 bits per heavy atom. The average Bonchev–Trinajstić information content (AvgIpc) is 2.82. The number of imide groups is 1. The van der Waals surface area contributed by atoms with Crippen LogP contribution in [0.2, 0.25) is 5.02 Å². The van der Waals surface area contributed by atoms with Gasteiger partial charge in [0, 0.05) is 10.7 Å². The van der Waals surface area contributed by atoms with E-state index in [0.29, 0.717) is 9.93 Å². The highest BCUT2D eigenvalue weighted by atomic mass is 35.5. The first-order valence-electron chi connectivity index (χ1n) is 6.93. The third kappa shape index (κ3) is 3.75. The first kappa shape index (κ1) is 15.6. The Hall–Kier alpha value is -2.24. The zero-order valence-electron chi connectivity index (χ0n) is 12.0. The fourth-order valence-electron chi connectivity index (χ4n) is 2.08. The topological polar surface area (TPSA) is 49.4 Å². The van der Waals surface area contributed by atoms with Crippen molar-refractivity contribution in [2.75, 3.05) is 12.0 Å². The van der Waals surface area contributed by atoms with Gasteiger partial charge in [-0.25, -0.2) is 0 Å². The molecule has 1 fully saturated rings. The first-order valence-corrected chi connectivity index (χ1v) is 8.13. The molecule has 2 amide bonds. The molecule has 1 N–H and O–H groups in total. The lowest BCUT2D eigenvalue weighted by molar-refractivity contribution is -0.122. The standard InChI is InChI=1S/C17H13ClN2O2S/c18-13-6-8-14(9-7-13)19-11-20-16(21)15(23-17(20)22)10-12-4-2-1-3-5-12/h1-10,19H,11H2/b15-10+. The maximum Gasteiger partial charge on any atom is 0.295 e. The summed E-state index contributed by atoms with van der Waals surface area (Å²) in [6.07, 6.45) is 1.73. The third-order valence-corrected chi connectivity index (χ3v) is 4.42. The van der Waals surface area contributed by atoms with Crippen LogP contribution >= 0.6 is 23.4 Å². The lowest BCUT2D eigenvalue weighted by Crippen LogP contribution is -2.33. The summed E-state index contributed by atoms with van der Waals surface area (Å²) in [5.41, 5.74) is 1.68. The number of benzene rings is 2. The van der Waals surface area contributed by atoms with Crippen LogP contribution in [0.25, 0.3) is 6.08 Å². The van der Waals surface area contributed by atoms with Gasteiger partial charge in [0.1, 0.15) is 0 Å².